The van der Waals surface area contributed by atoms with Crippen molar-refractivity contribution in [3.63, 3.8) is 0 Å². The molecule has 0 radical (unpaired) electrons. The molecule has 224 valence electrons. The average molecular weight is 616 g/mol. The monoisotopic (exact) mass is 615 g/mol. The van der Waals surface area contributed by atoms with Crippen molar-refractivity contribution >= 4 is 54.6 Å². The van der Waals surface area contributed by atoms with Gasteiger partial charge in [-0.2, -0.15) is 0 Å². The summed E-state index contributed by atoms with van der Waals surface area (Å²) in [7, 11) is 0. The van der Waals surface area contributed by atoms with Crippen LogP contribution in [0, 0.1) is 0 Å². The minimum absolute atomic E-state index is 0.582. The molecule has 0 bridgehead atoms. The molecular formula is C43H25N3O2. The first-order valence-electron chi connectivity index (χ1n) is 15.9. The van der Waals surface area contributed by atoms with E-state index < -0.39 is 0 Å². The van der Waals surface area contributed by atoms with Crippen molar-refractivity contribution in [1.82, 2.24) is 15.0 Å². The summed E-state index contributed by atoms with van der Waals surface area (Å²) in [5, 5.41) is 6.25. The molecule has 3 aromatic heterocycles. The fourth-order valence-electron chi connectivity index (χ4n) is 6.95. The number of hydrogen-bond donors (Lipinski definition) is 0. The first kappa shape index (κ1) is 26.6. The zero-order chi connectivity index (χ0) is 31.6. The van der Waals surface area contributed by atoms with Gasteiger partial charge >= 0.3 is 0 Å². The van der Waals surface area contributed by atoms with E-state index in [0.717, 1.165) is 82.5 Å². The molecule has 5 heteroatoms. The smallest absolute Gasteiger partial charge is 0.164 e. The molecular weight excluding hydrogens is 590 g/mol. The van der Waals surface area contributed by atoms with Crippen LogP contribution in [0.1, 0.15) is 0 Å². The Kier molecular flexibility index (Phi) is 5.81. The van der Waals surface area contributed by atoms with Gasteiger partial charge in [0.15, 0.2) is 17.5 Å². The Labute approximate surface area is 274 Å². The van der Waals surface area contributed by atoms with Crippen molar-refractivity contribution in [2.75, 3.05) is 0 Å². The summed E-state index contributed by atoms with van der Waals surface area (Å²) < 4.78 is 12.6. The lowest BCUT2D eigenvalue weighted by molar-refractivity contribution is 0.668. The third-order valence-corrected chi connectivity index (χ3v) is 9.13. The highest BCUT2D eigenvalue weighted by Gasteiger charge is 2.20. The van der Waals surface area contributed by atoms with Crippen LogP contribution in [-0.4, -0.2) is 15.0 Å². The van der Waals surface area contributed by atoms with Crippen molar-refractivity contribution in [1.29, 1.82) is 0 Å². The third kappa shape index (κ3) is 4.15. The van der Waals surface area contributed by atoms with E-state index in [2.05, 4.69) is 91.0 Å². The summed E-state index contributed by atoms with van der Waals surface area (Å²) in [4.78, 5) is 15.6. The van der Waals surface area contributed by atoms with E-state index in [1.54, 1.807) is 0 Å². The summed E-state index contributed by atoms with van der Waals surface area (Å²) in [6.45, 7) is 0. The van der Waals surface area contributed by atoms with Gasteiger partial charge in [0.2, 0.25) is 0 Å². The molecule has 3 heterocycles. The lowest BCUT2D eigenvalue weighted by Gasteiger charge is -2.12. The predicted octanol–water partition coefficient (Wildman–Crippen LogP) is 11.5. The van der Waals surface area contributed by atoms with E-state index in [1.165, 1.54) is 0 Å². The predicted molar refractivity (Wildman–Crippen MR) is 194 cm³/mol. The maximum Gasteiger partial charge on any atom is 0.164 e. The fourth-order valence-corrected chi connectivity index (χ4v) is 6.95. The highest BCUT2D eigenvalue weighted by molar-refractivity contribution is 6.22. The van der Waals surface area contributed by atoms with Gasteiger partial charge in [-0.25, -0.2) is 15.0 Å². The molecule has 0 atom stereocenters. The Bertz CT molecular complexity index is 2850. The first-order valence-corrected chi connectivity index (χ1v) is 15.9. The number of furan rings is 2. The fraction of sp³-hybridized carbons (Fsp3) is 0. The molecule has 0 saturated carbocycles. The Morgan fingerprint density at radius 3 is 1.65 bits per heavy atom. The number of aromatic nitrogens is 3. The highest BCUT2D eigenvalue weighted by Crippen LogP contribution is 2.41. The zero-order valence-electron chi connectivity index (χ0n) is 25.6. The van der Waals surface area contributed by atoms with Crippen molar-refractivity contribution < 1.29 is 8.83 Å². The maximum atomic E-state index is 6.31. The highest BCUT2D eigenvalue weighted by atomic mass is 16.3. The summed E-state index contributed by atoms with van der Waals surface area (Å²) in [5.74, 6) is 1.77. The second kappa shape index (κ2) is 10.5. The van der Waals surface area contributed by atoms with E-state index in [0.29, 0.717) is 17.5 Å². The van der Waals surface area contributed by atoms with E-state index in [4.69, 9.17) is 23.8 Å². The zero-order valence-corrected chi connectivity index (χ0v) is 25.6. The standard InChI is InChI=1S/C43H25N3O2/c1-2-11-26(12-3-1)28-14-8-15-29(25-28)41-44-42(46-43(45-41)33-19-10-22-36-39(33)30-16-4-6-20-34(30)47-36)32-18-9-13-27-23-24-37-40(38(27)32)31-17-5-7-21-35(31)48-37/h1-25H. The molecule has 0 N–H and O–H groups in total. The first-order chi connectivity index (χ1) is 23.8. The molecule has 0 aliphatic rings. The Morgan fingerprint density at radius 1 is 0.333 bits per heavy atom. The van der Waals surface area contributed by atoms with Gasteiger partial charge in [-0.1, -0.05) is 121 Å². The minimum atomic E-state index is 0.582. The number of fused-ring (bicyclic) bond motifs is 8. The normalized spacial score (nSPS) is 11.8. The van der Waals surface area contributed by atoms with E-state index in [-0.39, 0.29) is 0 Å². The van der Waals surface area contributed by atoms with Crippen LogP contribution in [0.4, 0.5) is 0 Å². The second-order valence-corrected chi connectivity index (χ2v) is 12.0. The third-order valence-electron chi connectivity index (χ3n) is 9.13. The molecule has 0 aliphatic carbocycles. The Morgan fingerprint density at radius 2 is 0.875 bits per heavy atom. The summed E-state index contributed by atoms with van der Waals surface area (Å²) in [6.07, 6.45) is 0. The molecule has 10 rings (SSSR count). The lowest BCUT2D eigenvalue weighted by atomic mass is 9.98. The van der Waals surface area contributed by atoms with Gasteiger partial charge in [0.05, 0.1) is 0 Å². The van der Waals surface area contributed by atoms with Crippen LogP contribution >= 0.6 is 0 Å². The van der Waals surface area contributed by atoms with Crippen molar-refractivity contribution in [3.05, 3.63) is 152 Å². The summed E-state index contributed by atoms with van der Waals surface area (Å²) in [6, 6.07) is 51.5. The van der Waals surface area contributed by atoms with Gasteiger partial charge < -0.3 is 8.83 Å². The van der Waals surface area contributed by atoms with Crippen molar-refractivity contribution in [2.45, 2.75) is 0 Å². The number of nitrogens with zero attached hydrogens (tertiary/aromatic N) is 3. The minimum Gasteiger partial charge on any atom is -0.456 e. The van der Waals surface area contributed by atoms with Gasteiger partial charge in [-0.05, 0) is 46.8 Å². The Hall–Kier alpha value is -6.59. The quantitative estimate of drug-likeness (QED) is 0.197. The van der Waals surface area contributed by atoms with Gasteiger partial charge in [-0.15, -0.1) is 0 Å². The molecule has 0 fully saturated rings. The van der Waals surface area contributed by atoms with Crippen LogP contribution in [0.25, 0.3) is 99.9 Å². The summed E-state index contributed by atoms with van der Waals surface area (Å²) >= 11 is 0. The number of benzene rings is 7. The molecule has 0 amide bonds. The van der Waals surface area contributed by atoms with E-state index in [9.17, 15) is 0 Å². The number of hydrogen-bond acceptors (Lipinski definition) is 5. The lowest BCUT2D eigenvalue weighted by Crippen LogP contribution is -2.01. The maximum absolute atomic E-state index is 6.31. The van der Waals surface area contributed by atoms with Crippen LogP contribution in [0.2, 0.25) is 0 Å². The number of para-hydroxylation sites is 2. The van der Waals surface area contributed by atoms with Crippen molar-refractivity contribution in [2.24, 2.45) is 0 Å². The van der Waals surface area contributed by atoms with Crippen LogP contribution < -0.4 is 0 Å². The van der Waals surface area contributed by atoms with Gasteiger partial charge in [0.25, 0.3) is 0 Å². The molecule has 10 aromatic rings. The van der Waals surface area contributed by atoms with Gasteiger partial charge in [0.1, 0.15) is 22.3 Å². The molecule has 5 nitrogen and oxygen atoms in total. The largest absolute Gasteiger partial charge is 0.456 e. The Balaban J connectivity index is 1.28. The topological polar surface area (TPSA) is 65.0 Å². The van der Waals surface area contributed by atoms with E-state index in [1.807, 2.05) is 60.7 Å². The number of rotatable bonds is 4. The van der Waals surface area contributed by atoms with Crippen LogP contribution in [0.3, 0.4) is 0 Å². The van der Waals surface area contributed by atoms with Crippen LogP contribution in [0.15, 0.2) is 160 Å². The van der Waals surface area contributed by atoms with Crippen LogP contribution in [-0.2, 0) is 0 Å². The van der Waals surface area contributed by atoms with Crippen LogP contribution in [0.5, 0.6) is 0 Å². The molecule has 7 aromatic carbocycles. The molecule has 0 saturated heterocycles. The SMILES string of the molecule is c1ccc(-c2cccc(-c3nc(-c4cccc5oc6ccccc6c45)nc(-c4cccc5ccc6oc7ccccc7c6c45)n3)c2)cc1. The molecule has 48 heavy (non-hydrogen) atoms. The second-order valence-electron chi connectivity index (χ2n) is 12.0. The summed E-state index contributed by atoms with van der Waals surface area (Å²) in [5.41, 5.74) is 8.23. The molecule has 0 unspecified atom stereocenters. The van der Waals surface area contributed by atoms with Gasteiger partial charge in [0, 0.05) is 43.6 Å². The van der Waals surface area contributed by atoms with E-state index >= 15 is 0 Å². The molecule has 0 spiro atoms. The van der Waals surface area contributed by atoms with Gasteiger partial charge in [-0.3, -0.25) is 0 Å². The molecule has 0 aliphatic heterocycles. The van der Waals surface area contributed by atoms with Crippen molar-refractivity contribution in [3.8, 4) is 45.3 Å². The average Bonchev–Trinajstić information content (AvgIpc) is 3.73.